The van der Waals surface area contributed by atoms with Crippen LogP contribution in [-0.4, -0.2) is 32.9 Å². The number of aliphatic hydroxyl groups is 1. The number of β-amino-alcohol motifs (C(OH)–C–C–N with tert-alkyl or cyclic N) is 1. The fraction of sp³-hybridized carbons (Fsp3) is 0.471. The molecule has 2 aromatic rings. The van der Waals surface area contributed by atoms with Crippen molar-refractivity contribution in [2.45, 2.75) is 31.9 Å². The molecule has 23 heavy (non-hydrogen) atoms. The van der Waals surface area contributed by atoms with Gasteiger partial charge in [0.25, 0.3) is 0 Å². The smallest absolute Gasteiger partial charge is 0.131 e. The van der Waals surface area contributed by atoms with Crippen LogP contribution in [0.15, 0.2) is 24.3 Å². The maximum Gasteiger partial charge on any atom is 0.131 e. The average Bonchev–Trinajstić information content (AvgIpc) is 3.04. The molecule has 0 saturated carbocycles. The number of aliphatic hydroxyl groups excluding tert-OH is 1. The number of hydrogen-bond acceptors (Lipinski definition) is 3. The van der Waals surface area contributed by atoms with Crippen molar-refractivity contribution in [3.05, 3.63) is 52.1 Å². The van der Waals surface area contributed by atoms with Gasteiger partial charge in [0, 0.05) is 30.8 Å². The predicted octanol–water partition coefficient (Wildman–Crippen LogP) is 3.39. The van der Waals surface area contributed by atoms with E-state index in [9.17, 15) is 9.50 Å². The van der Waals surface area contributed by atoms with E-state index in [-0.39, 0.29) is 11.9 Å². The van der Waals surface area contributed by atoms with Crippen molar-refractivity contribution in [1.29, 1.82) is 0 Å². The van der Waals surface area contributed by atoms with Gasteiger partial charge in [0.05, 0.1) is 11.8 Å². The topological polar surface area (TPSA) is 41.3 Å². The lowest BCUT2D eigenvalue weighted by molar-refractivity contribution is 0.103. The maximum atomic E-state index is 13.9. The van der Waals surface area contributed by atoms with Crippen LogP contribution in [-0.2, 0) is 7.05 Å². The van der Waals surface area contributed by atoms with Crippen LogP contribution in [0.1, 0.15) is 41.8 Å². The van der Waals surface area contributed by atoms with E-state index in [0.717, 1.165) is 30.6 Å². The highest BCUT2D eigenvalue weighted by molar-refractivity contribution is 6.30. The molecule has 1 aliphatic heterocycles. The Bertz CT molecular complexity index is 703. The van der Waals surface area contributed by atoms with Gasteiger partial charge in [-0.3, -0.25) is 9.58 Å². The van der Waals surface area contributed by atoms with Crippen molar-refractivity contribution >= 4 is 11.6 Å². The largest absolute Gasteiger partial charge is 0.387 e. The van der Waals surface area contributed by atoms with Gasteiger partial charge in [-0.2, -0.15) is 5.10 Å². The summed E-state index contributed by atoms with van der Waals surface area (Å²) in [5.41, 5.74) is 2.27. The van der Waals surface area contributed by atoms with Gasteiger partial charge in [-0.15, -0.1) is 0 Å². The molecule has 1 aromatic carbocycles. The van der Waals surface area contributed by atoms with E-state index < -0.39 is 6.10 Å². The van der Waals surface area contributed by atoms with Crippen LogP contribution in [0.5, 0.6) is 0 Å². The summed E-state index contributed by atoms with van der Waals surface area (Å²) >= 11 is 6.39. The van der Waals surface area contributed by atoms with E-state index in [1.165, 1.54) is 6.07 Å². The normalized spacial score (nSPS) is 20.1. The predicted molar refractivity (Wildman–Crippen MR) is 87.9 cm³/mol. The lowest BCUT2D eigenvalue weighted by atomic mass is 10.0. The van der Waals surface area contributed by atoms with Crippen LogP contribution in [0.25, 0.3) is 0 Å². The molecule has 1 fully saturated rings. The number of benzene rings is 1. The van der Waals surface area contributed by atoms with Crippen LogP contribution < -0.4 is 0 Å². The number of likely N-dealkylation sites (tertiary alicyclic amines) is 1. The summed E-state index contributed by atoms with van der Waals surface area (Å²) in [6, 6.07) is 6.50. The van der Waals surface area contributed by atoms with E-state index >= 15 is 0 Å². The molecule has 2 heterocycles. The molecular weight excluding hydrogens is 317 g/mol. The molecule has 1 aliphatic rings. The second kappa shape index (κ2) is 6.59. The summed E-state index contributed by atoms with van der Waals surface area (Å²) in [6.07, 6.45) is 1.14. The van der Waals surface area contributed by atoms with Crippen LogP contribution in [0.4, 0.5) is 4.39 Å². The molecule has 1 saturated heterocycles. The molecule has 3 rings (SSSR count). The zero-order valence-electron chi connectivity index (χ0n) is 13.3. The Morgan fingerprint density at radius 1 is 1.43 bits per heavy atom. The van der Waals surface area contributed by atoms with Gasteiger partial charge in [-0.05, 0) is 32.4 Å². The molecule has 1 aromatic heterocycles. The summed E-state index contributed by atoms with van der Waals surface area (Å²) < 4.78 is 15.5. The lowest BCUT2D eigenvalue weighted by Gasteiger charge is -2.27. The third kappa shape index (κ3) is 3.13. The van der Waals surface area contributed by atoms with Gasteiger partial charge in [0.1, 0.15) is 11.0 Å². The van der Waals surface area contributed by atoms with Crippen molar-refractivity contribution in [1.82, 2.24) is 14.7 Å². The van der Waals surface area contributed by atoms with Gasteiger partial charge in [0.15, 0.2) is 0 Å². The quantitative estimate of drug-likeness (QED) is 0.929. The first kappa shape index (κ1) is 16.4. The summed E-state index contributed by atoms with van der Waals surface area (Å²) in [7, 11) is 1.83. The summed E-state index contributed by atoms with van der Waals surface area (Å²) in [6.45, 7) is 3.20. The molecule has 2 atom stereocenters. The second-order valence-electron chi connectivity index (χ2n) is 6.10. The molecule has 0 spiro atoms. The third-order valence-electron chi connectivity index (χ3n) is 4.56. The molecule has 0 bridgehead atoms. The molecule has 0 unspecified atom stereocenters. The number of aryl methyl sites for hydroxylation is 2. The van der Waals surface area contributed by atoms with E-state index in [0.29, 0.717) is 17.3 Å². The Hall–Kier alpha value is -1.43. The third-order valence-corrected chi connectivity index (χ3v) is 5.01. The minimum Gasteiger partial charge on any atom is -0.387 e. The van der Waals surface area contributed by atoms with Gasteiger partial charge in [-0.25, -0.2) is 4.39 Å². The summed E-state index contributed by atoms with van der Waals surface area (Å²) in [5.74, 6) is -0.369. The summed E-state index contributed by atoms with van der Waals surface area (Å²) in [5, 5.41) is 15.5. The van der Waals surface area contributed by atoms with Crippen molar-refractivity contribution in [2.24, 2.45) is 7.05 Å². The standard InChI is InChI=1S/C17H21ClFN3O/c1-11-16(17(18)21(2)20-11)14-8-5-9-22(14)10-15(23)12-6-3-4-7-13(12)19/h3-4,6-7,14-15,23H,5,8-10H2,1-2H3/t14-,15-/m1/s1. The molecule has 1 N–H and O–H groups in total. The zero-order chi connectivity index (χ0) is 16.6. The van der Waals surface area contributed by atoms with E-state index in [4.69, 9.17) is 11.6 Å². The SMILES string of the molecule is Cc1nn(C)c(Cl)c1[C@H]1CCCN1C[C@@H](O)c1ccccc1F. The van der Waals surface area contributed by atoms with E-state index in [2.05, 4.69) is 10.00 Å². The monoisotopic (exact) mass is 337 g/mol. The fourth-order valence-electron chi connectivity index (χ4n) is 3.46. The molecule has 0 amide bonds. The molecule has 4 nitrogen and oxygen atoms in total. The number of aromatic nitrogens is 2. The maximum absolute atomic E-state index is 13.9. The molecule has 0 radical (unpaired) electrons. The highest BCUT2D eigenvalue weighted by Crippen LogP contribution is 2.38. The Morgan fingerprint density at radius 2 is 2.17 bits per heavy atom. The lowest BCUT2D eigenvalue weighted by Crippen LogP contribution is -2.29. The second-order valence-corrected chi connectivity index (χ2v) is 6.46. The number of nitrogens with zero attached hydrogens (tertiary/aromatic N) is 3. The van der Waals surface area contributed by atoms with E-state index in [1.54, 1.807) is 22.9 Å². The van der Waals surface area contributed by atoms with Crippen molar-refractivity contribution in [2.75, 3.05) is 13.1 Å². The minimum atomic E-state index is -0.854. The first-order valence-corrected chi connectivity index (χ1v) is 8.22. The Kier molecular flexibility index (Phi) is 4.71. The first-order valence-electron chi connectivity index (χ1n) is 7.84. The van der Waals surface area contributed by atoms with Gasteiger partial charge in [-0.1, -0.05) is 29.8 Å². The fourth-order valence-corrected chi connectivity index (χ4v) is 3.76. The summed E-state index contributed by atoms with van der Waals surface area (Å²) in [4.78, 5) is 2.17. The molecular formula is C17H21ClFN3O. The molecule has 0 aliphatic carbocycles. The van der Waals surface area contributed by atoms with E-state index in [1.807, 2.05) is 14.0 Å². The van der Waals surface area contributed by atoms with Gasteiger partial charge in [0.2, 0.25) is 0 Å². The molecule has 6 heteroatoms. The van der Waals surface area contributed by atoms with Crippen molar-refractivity contribution < 1.29 is 9.50 Å². The Labute approximate surface area is 140 Å². The van der Waals surface area contributed by atoms with Crippen LogP contribution in [0.2, 0.25) is 5.15 Å². The number of hydrogen-bond donors (Lipinski definition) is 1. The minimum absolute atomic E-state index is 0.123. The number of halogens is 2. The highest BCUT2D eigenvalue weighted by atomic mass is 35.5. The first-order chi connectivity index (χ1) is 11.0. The van der Waals surface area contributed by atoms with Crippen molar-refractivity contribution in [3.8, 4) is 0 Å². The average molecular weight is 338 g/mol. The highest BCUT2D eigenvalue weighted by Gasteiger charge is 2.32. The zero-order valence-corrected chi connectivity index (χ0v) is 14.1. The van der Waals surface area contributed by atoms with Gasteiger partial charge < -0.3 is 5.11 Å². The number of rotatable bonds is 4. The van der Waals surface area contributed by atoms with Crippen molar-refractivity contribution in [3.63, 3.8) is 0 Å². The van der Waals surface area contributed by atoms with Crippen LogP contribution in [0, 0.1) is 12.7 Å². The van der Waals surface area contributed by atoms with Gasteiger partial charge >= 0.3 is 0 Å². The Balaban J connectivity index is 1.81. The molecule has 124 valence electrons. The van der Waals surface area contributed by atoms with Crippen LogP contribution >= 0.6 is 11.6 Å². The Morgan fingerprint density at radius 3 is 2.83 bits per heavy atom. The van der Waals surface area contributed by atoms with Crippen LogP contribution in [0.3, 0.4) is 0 Å².